The van der Waals surface area contributed by atoms with E-state index in [2.05, 4.69) is 31.8 Å². The highest BCUT2D eigenvalue weighted by molar-refractivity contribution is 9.10. The van der Waals surface area contributed by atoms with Crippen LogP contribution in [0.25, 0.3) is 6.08 Å². The molecule has 0 saturated carbocycles. The van der Waals surface area contributed by atoms with Crippen LogP contribution < -0.4 is 10.7 Å². The molecule has 0 unspecified atom stereocenters. The fourth-order valence-electron chi connectivity index (χ4n) is 2.63. The van der Waals surface area contributed by atoms with Crippen molar-refractivity contribution >= 4 is 39.5 Å². The summed E-state index contributed by atoms with van der Waals surface area (Å²) in [6.45, 7) is 1.80. The van der Waals surface area contributed by atoms with Gasteiger partial charge in [-0.25, -0.2) is 5.43 Å². The molecule has 0 heterocycles. The summed E-state index contributed by atoms with van der Waals surface area (Å²) in [5.74, 6) is -0.891. The van der Waals surface area contributed by atoms with Crippen molar-refractivity contribution in [2.45, 2.75) is 6.92 Å². The zero-order chi connectivity index (χ0) is 21.3. The first kappa shape index (κ1) is 21.2. The molecule has 0 aromatic heterocycles. The molecule has 0 aliphatic carbocycles. The van der Waals surface area contributed by atoms with E-state index in [0.717, 1.165) is 15.6 Å². The number of halogens is 1. The summed E-state index contributed by atoms with van der Waals surface area (Å²) < 4.78 is 0.917. The van der Waals surface area contributed by atoms with Crippen molar-refractivity contribution in [1.29, 1.82) is 0 Å². The van der Waals surface area contributed by atoms with Crippen molar-refractivity contribution in [1.82, 2.24) is 10.7 Å². The zero-order valence-electron chi connectivity index (χ0n) is 16.3. The molecule has 0 fully saturated rings. The maximum Gasteiger partial charge on any atom is 0.287 e. The number of hydrogen-bond acceptors (Lipinski definition) is 3. The highest BCUT2D eigenvalue weighted by atomic mass is 79.9. The lowest BCUT2D eigenvalue weighted by Gasteiger charge is -2.10. The number of benzene rings is 3. The van der Waals surface area contributed by atoms with Crippen LogP contribution in [0.2, 0.25) is 0 Å². The molecule has 0 aliphatic heterocycles. The van der Waals surface area contributed by atoms with Crippen molar-refractivity contribution < 1.29 is 9.59 Å². The van der Waals surface area contributed by atoms with Crippen LogP contribution in [0.1, 0.15) is 28.4 Å². The van der Waals surface area contributed by atoms with Gasteiger partial charge in [0.15, 0.2) is 0 Å². The van der Waals surface area contributed by atoms with E-state index in [1.165, 1.54) is 0 Å². The van der Waals surface area contributed by atoms with Crippen molar-refractivity contribution in [2.24, 2.45) is 5.10 Å². The molecular formula is C24H20BrN3O2. The van der Waals surface area contributed by atoms with Gasteiger partial charge in [-0.2, -0.15) is 5.10 Å². The monoisotopic (exact) mass is 461 g/mol. The maximum absolute atomic E-state index is 12.8. The van der Waals surface area contributed by atoms with E-state index in [1.54, 1.807) is 37.3 Å². The van der Waals surface area contributed by atoms with Gasteiger partial charge in [-0.05, 0) is 48.4 Å². The van der Waals surface area contributed by atoms with Gasteiger partial charge in [0, 0.05) is 10.0 Å². The second-order valence-corrected chi connectivity index (χ2v) is 7.35. The maximum atomic E-state index is 12.8. The summed E-state index contributed by atoms with van der Waals surface area (Å²) in [6.07, 6.45) is 1.61. The minimum absolute atomic E-state index is 0.0980. The smallest absolute Gasteiger partial charge is 0.287 e. The van der Waals surface area contributed by atoms with E-state index in [9.17, 15) is 9.59 Å². The van der Waals surface area contributed by atoms with Gasteiger partial charge in [0.05, 0.1) is 5.71 Å². The van der Waals surface area contributed by atoms with Gasteiger partial charge in [-0.3, -0.25) is 9.59 Å². The Labute approximate surface area is 183 Å². The van der Waals surface area contributed by atoms with Gasteiger partial charge in [0.2, 0.25) is 0 Å². The number of rotatable bonds is 6. The predicted octanol–water partition coefficient (Wildman–Crippen LogP) is 4.76. The predicted molar refractivity (Wildman–Crippen MR) is 123 cm³/mol. The van der Waals surface area contributed by atoms with Crippen molar-refractivity contribution in [2.75, 3.05) is 0 Å². The third-order valence-electron chi connectivity index (χ3n) is 4.21. The molecule has 0 spiro atoms. The highest BCUT2D eigenvalue weighted by Gasteiger charge is 2.14. The molecule has 5 nitrogen and oxygen atoms in total. The molecule has 0 aliphatic rings. The molecule has 3 aromatic carbocycles. The minimum atomic E-state index is -0.516. The highest BCUT2D eigenvalue weighted by Crippen LogP contribution is 2.12. The molecule has 0 saturated heterocycles. The van der Waals surface area contributed by atoms with E-state index in [4.69, 9.17) is 0 Å². The Morgan fingerprint density at radius 3 is 2.17 bits per heavy atom. The number of carbonyl (C=O) groups is 2. The Hall–Kier alpha value is -3.51. The molecule has 0 radical (unpaired) electrons. The van der Waals surface area contributed by atoms with E-state index in [0.29, 0.717) is 11.3 Å². The second kappa shape index (κ2) is 10.3. The average molecular weight is 462 g/mol. The van der Waals surface area contributed by atoms with E-state index >= 15 is 0 Å². The lowest BCUT2D eigenvalue weighted by Crippen LogP contribution is -2.33. The topological polar surface area (TPSA) is 70.6 Å². The number of hydrazone groups is 1. The Balaban J connectivity index is 1.82. The summed E-state index contributed by atoms with van der Waals surface area (Å²) >= 11 is 3.42. The van der Waals surface area contributed by atoms with Gasteiger partial charge in [0.1, 0.15) is 5.70 Å². The first-order chi connectivity index (χ1) is 14.5. The van der Waals surface area contributed by atoms with Gasteiger partial charge < -0.3 is 5.32 Å². The minimum Gasteiger partial charge on any atom is -0.317 e. The van der Waals surface area contributed by atoms with E-state index in [-0.39, 0.29) is 11.6 Å². The Morgan fingerprint density at radius 2 is 1.50 bits per heavy atom. The third kappa shape index (κ3) is 5.99. The van der Waals surface area contributed by atoms with Crippen LogP contribution in [-0.4, -0.2) is 17.5 Å². The second-order valence-electron chi connectivity index (χ2n) is 6.44. The number of nitrogens with one attached hydrogen (secondary N) is 2. The summed E-state index contributed by atoms with van der Waals surface area (Å²) in [5, 5.41) is 6.87. The number of hydrogen-bond donors (Lipinski definition) is 2. The van der Waals surface area contributed by atoms with Gasteiger partial charge in [-0.1, -0.05) is 76.6 Å². The molecule has 2 amide bonds. The Morgan fingerprint density at radius 1 is 0.867 bits per heavy atom. The van der Waals surface area contributed by atoms with Gasteiger partial charge in [0.25, 0.3) is 11.8 Å². The first-order valence-electron chi connectivity index (χ1n) is 9.26. The van der Waals surface area contributed by atoms with Crippen LogP contribution in [-0.2, 0) is 4.79 Å². The summed E-state index contributed by atoms with van der Waals surface area (Å²) in [7, 11) is 0. The summed E-state index contributed by atoms with van der Waals surface area (Å²) in [5.41, 5.74) is 5.37. The first-order valence-corrected chi connectivity index (χ1v) is 10.1. The molecular weight excluding hydrogens is 442 g/mol. The van der Waals surface area contributed by atoms with Crippen molar-refractivity contribution in [3.63, 3.8) is 0 Å². The van der Waals surface area contributed by atoms with Crippen LogP contribution in [0.15, 0.2) is 100 Å². The zero-order valence-corrected chi connectivity index (χ0v) is 17.9. The largest absolute Gasteiger partial charge is 0.317 e. The fourth-order valence-corrected chi connectivity index (χ4v) is 3.03. The quantitative estimate of drug-likeness (QED) is 0.315. The molecule has 30 heavy (non-hydrogen) atoms. The van der Waals surface area contributed by atoms with Crippen LogP contribution in [0, 0.1) is 0 Å². The molecule has 3 rings (SSSR count). The third-order valence-corrected chi connectivity index (χ3v) is 4.70. The lowest BCUT2D eigenvalue weighted by molar-refractivity contribution is -0.117. The summed E-state index contributed by atoms with van der Waals surface area (Å²) in [4.78, 5) is 25.4. The SMILES string of the molecule is C/C(=N\NC(=O)/C(=C/c1ccccc1)NC(=O)c1ccccc1)c1cccc(Br)c1. The van der Waals surface area contributed by atoms with Crippen molar-refractivity contribution in [3.8, 4) is 0 Å². The molecule has 0 atom stereocenters. The van der Waals surface area contributed by atoms with Crippen LogP contribution >= 0.6 is 15.9 Å². The summed E-state index contributed by atoms with van der Waals surface area (Å²) in [6, 6.07) is 25.6. The average Bonchev–Trinajstić information content (AvgIpc) is 2.78. The number of nitrogens with zero attached hydrogens (tertiary/aromatic N) is 1. The lowest BCUT2D eigenvalue weighted by atomic mass is 10.1. The molecule has 0 bridgehead atoms. The normalized spacial score (nSPS) is 11.7. The van der Waals surface area contributed by atoms with E-state index in [1.807, 2.05) is 60.7 Å². The molecule has 6 heteroatoms. The van der Waals surface area contributed by atoms with Crippen LogP contribution in [0.3, 0.4) is 0 Å². The van der Waals surface area contributed by atoms with E-state index < -0.39 is 5.91 Å². The Bertz CT molecular complexity index is 1090. The van der Waals surface area contributed by atoms with Gasteiger partial charge in [-0.15, -0.1) is 0 Å². The number of amides is 2. The number of carbonyl (C=O) groups excluding carboxylic acids is 2. The van der Waals surface area contributed by atoms with Crippen LogP contribution in [0.4, 0.5) is 0 Å². The fraction of sp³-hybridized carbons (Fsp3) is 0.0417. The molecule has 150 valence electrons. The van der Waals surface area contributed by atoms with Crippen molar-refractivity contribution in [3.05, 3.63) is 112 Å². The molecule has 3 aromatic rings. The Kier molecular flexibility index (Phi) is 7.29. The molecule has 2 N–H and O–H groups in total. The van der Waals surface area contributed by atoms with Gasteiger partial charge >= 0.3 is 0 Å². The standard InChI is InChI=1S/C24H20BrN3O2/c1-17(20-13-8-14-21(25)16-20)27-28-24(30)22(15-18-9-4-2-5-10-18)26-23(29)19-11-6-3-7-12-19/h2-16H,1H3,(H,26,29)(H,28,30)/b22-15-,27-17+. The van der Waals surface area contributed by atoms with Crippen LogP contribution in [0.5, 0.6) is 0 Å².